The van der Waals surface area contributed by atoms with Crippen molar-refractivity contribution in [3.05, 3.63) is 41.2 Å². The number of aryl methyl sites for hydroxylation is 1. The van der Waals surface area contributed by atoms with Gasteiger partial charge in [-0.25, -0.2) is 9.97 Å². The van der Waals surface area contributed by atoms with Crippen LogP contribution >= 0.6 is 11.6 Å². The number of nitrogens with one attached hydrogen (secondary N) is 1. The first-order valence-corrected chi connectivity index (χ1v) is 11.9. The van der Waals surface area contributed by atoms with E-state index >= 15 is 0 Å². The molecule has 0 unspecified atom stereocenters. The van der Waals surface area contributed by atoms with E-state index in [9.17, 15) is 18.0 Å². The van der Waals surface area contributed by atoms with E-state index in [1.54, 1.807) is 6.07 Å². The van der Waals surface area contributed by atoms with Crippen LogP contribution in [0.25, 0.3) is 11.0 Å². The molecule has 1 fully saturated rings. The van der Waals surface area contributed by atoms with Crippen molar-refractivity contribution in [1.29, 1.82) is 0 Å². The van der Waals surface area contributed by atoms with Crippen LogP contribution in [0.3, 0.4) is 0 Å². The molecule has 1 aliphatic rings. The minimum absolute atomic E-state index is 0.0365. The van der Waals surface area contributed by atoms with Gasteiger partial charge < -0.3 is 24.6 Å². The van der Waals surface area contributed by atoms with Crippen molar-refractivity contribution >= 4 is 40.2 Å². The molecule has 9 nitrogen and oxygen atoms in total. The Kier molecular flexibility index (Phi) is 7.88. The van der Waals surface area contributed by atoms with Gasteiger partial charge in [0.25, 0.3) is 5.91 Å². The first kappa shape index (κ1) is 26.7. The summed E-state index contributed by atoms with van der Waals surface area (Å²) in [6.07, 6.45) is -1.28. The highest BCUT2D eigenvalue weighted by Gasteiger charge is 2.31. The van der Waals surface area contributed by atoms with Crippen LogP contribution in [0.5, 0.6) is 11.5 Å². The number of carbonyl (C=O) groups is 1. The topological polar surface area (TPSA) is 92.7 Å². The summed E-state index contributed by atoms with van der Waals surface area (Å²) in [4.78, 5) is 30.5. The van der Waals surface area contributed by atoms with E-state index in [0.29, 0.717) is 28.7 Å². The molecule has 4 rings (SSSR count). The number of carbonyl (C=O) groups excluding carboxylic acids is 1. The molecule has 1 amide bonds. The predicted molar refractivity (Wildman–Crippen MR) is 133 cm³/mol. The quantitative estimate of drug-likeness (QED) is 0.472. The predicted octanol–water partition coefficient (Wildman–Crippen LogP) is 4.43. The first-order chi connectivity index (χ1) is 17.5. The zero-order valence-electron chi connectivity index (χ0n) is 20.5. The van der Waals surface area contributed by atoms with Crippen molar-refractivity contribution in [1.82, 2.24) is 19.9 Å². The van der Waals surface area contributed by atoms with Gasteiger partial charge >= 0.3 is 6.36 Å². The lowest BCUT2D eigenvalue weighted by molar-refractivity contribution is -0.274. The Morgan fingerprint density at radius 3 is 2.59 bits per heavy atom. The molecule has 0 bridgehead atoms. The van der Waals surface area contributed by atoms with E-state index in [-0.39, 0.29) is 10.8 Å². The first-order valence-electron chi connectivity index (χ1n) is 11.5. The Morgan fingerprint density at radius 2 is 1.95 bits per heavy atom. The van der Waals surface area contributed by atoms with Crippen LogP contribution in [0.4, 0.5) is 24.8 Å². The molecule has 1 N–H and O–H groups in total. The van der Waals surface area contributed by atoms with Crippen LogP contribution < -0.4 is 19.7 Å². The second-order valence-corrected chi connectivity index (χ2v) is 9.27. The number of rotatable bonds is 7. The van der Waals surface area contributed by atoms with Gasteiger partial charge in [-0.05, 0) is 52.1 Å². The molecule has 0 aliphatic carbocycles. The van der Waals surface area contributed by atoms with Crippen molar-refractivity contribution in [3.63, 3.8) is 0 Å². The molecule has 1 aromatic carbocycles. The highest BCUT2D eigenvalue weighted by Crippen LogP contribution is 2.32. The summed E-state index contributed by atoms with van der Waals surface area (Å²) < 4.78 is 46.1. The summed E-state index contributed by atoms with van der Waals surface area (Å²) in [5.41, 5.74) is 1.69. The average molecular weight is 539 g/mol. The summed E-state index contributed by atoms with van der Waals surface area (Å²) in [6, 6.07) is 5.46. The molecule has 0 spiro atoms. The van der Waals surface area contributed by atoms with Crippen molar-refractivity contribution < 1.29 is 27.4 Å². The summed E-state index contributed by atoms with van der Waals surface area (Å²) in [5, 5.41) is 3.25. The van der Waals surface area contributed by atoms with Crippen LogP contribution in [0.2, 0.25) is 5.02 Å². The second kappa shape index (κ2) is 10.9. The second-order valence-electron chi connectivity index (χ2n) is 8.86. The summed E-state index contributed by atoms with van der Waals surface area (Å²) in [6.45, 7) is 3.17. The number of hydrogen-bond donors (Lipinski definition) is 1. The highest BCUT2D eigenvalue weighted by atomic mass is 35.5. The van der Waals surface area contributed by atoms with E-state index in [4.69, 9.17) is 16.3 Å². The van der Waals surface area contributed by atoms with Crippen molar-refractivity contribution in [2.75, 3.05) is 44.0 Å². The van der Waals surface area contributed by atoms with Crippen LogP contribution in [0.15, 0.2) is 30.5 Å². The molecular formula is C24H26ClF3N6O3. The van der Waals surface area contributed by atoms with Gasteiger partial charge in [0.05, 0.1) is 22.6 Å². The minimum Gasteiger partial charge on any atom is -0.482 e. The number of ether oxygens (including phenoxy) is 2. The Balaban J connectivity index is 1.38. The third-order valence-corrected chi connectivity index (χ3v) is 6.28. The molecule has 0 atom stereocenters. The number of amides is 1. The molecule has 13 heteroatoms. The molecule has 0 radical (unpaired) electrons. The maximum atomic E-state index is 12.4. The van der Waals surface area contributed by atoms with Gasteiger partial charge in [-0.15, -0.1) is 13.2 Å². The molecule has 2 aromatic heterocycles. The number of nitrogens with zero attached hydrogens (tertiary/aromatic N) is 5. The normalized spacial score (nSPS) is 14.8. The van der Waals surface area contributed by atoms with Gasteiger partial charge in [0.1, 0.15) is 11.5 Å². The van der Waals surface area contributed by atoms with Gasteiger partial charge in [0.15, 0.2) is 12.3 Å². The number of halogens is 4. The fraction of sp³-hybridized carbons (Fsp3) is 0.417. The van der Waals surface area contributed by atoms with Gasteiger partial charge in [-0.2, -0.15) is 4.98 Å². The molecule has 198 valence electrons. The van der Waals surface area contributed by atoms with Crippen LogP contribution in [0, 0.1) is 6.92 Å². The molecule has 0 saturated carbocycles. The zero-order valence-corrected chi connectivity index (χ0v) is 21.2. The lowest BCUT2D eigenvalue weighted by Crippen LogP contribution is -2.42. The lowest BCUT2D eigenvalue weighted by Gasteiger charge is -2.35. The van der Waals surface area contributed by atoms with Crippen molar-refractivity contribution in [3.8, 4) is 11.5 Å². The SMILES string of the molecule is Cc1nc(N2CCC(N(C)C)CC2)nc2ncc(NC(=O)COc3ccc(OC(F)(F)F)cc3Cl)cc12. The van der Waals surface area contributed by atoms with E-state index in [2.05, 4.69) is 48.9 Å². The monoisotopic (exact) mass is 538 g/mol. The van der Waals surface area contributed by atoms with Crippen molar-refractivity contribution in [2.24, 2.45) is 0 Å². The lowest BCUT2D eigenvalue weighted by atomic mass is 10.0. The largest absolute Gasteiger partial charge is 0.573 e. The van der Waals surface area contributed by atoms with Crippen LogP contribution in [-0.2, 0) is 4.79 Å². The number of aromatic nitrogens is 3. The fourth-order valence-corrected chi connectivity index (χ4v) is 4.30. The number of piperidine rings is 1. The van der Waals surface area contributed by atoms with E-state index < -0.39 is 24.6 Å². The number of alkyl halides is 3. The molecule has 3 aromatic rings. The molecule has 37 heavy (non-hydrogen) atoms. The number of pyridine rings is 1. The third-order valence-electron chi connectivity index (χ3n) is 5.99. The Morgan fingerprint density at radius 1 is 1.22 bits per heavy atom. The number of hydrogen-bond acceptors (Lipinski definition) is 8. The fourth-order valence-electron chi connectivity index (χ4n) is 4.07. The molecule has 1 aliphatic heterocycles. The summed E-state index contributed by atoms with van der Waals surface area (Å²) in [5.74, 6) is -0.320. The number of anilines is 2. The van der Waals surface area contributed by atoms with Gasteiger partial charge in [-0.3, -0.25) is 4.79 Å². The molecule has 3 heterocycles. The average Bonchev–Trinajstić information content (AvgIpc) is 2.83. The van der Waals surface area contributed by atoms with E-state index in [1.807, 2.05) is 6.92 Å². The molecular weight excluding hydrogens is 513 g/mol. The minimum atomic E-state index is -4.84. The van der Waals surface area contributed by atoms with Gasteiger partial charge in [0, 0.05) is 30.6 Å². The van der Waals surface area contributed by atoms with Gasteiger partial charge in [-0.1, -0.05) is 11.6 Å². The Hall–Kier alpha value is -3.38. The maximum absolute atomic E-state index is 12.4. The summed E-state index contributed by atoms with van der Waals surface area (Å²) >= 11 is 5.94. The summed E-state index contributed by atoms with van der Waals surface area (Å²) in [7, 11) is 4.18. The number of benzene rings is 1. The molecule has 1 saturated heterocycles. The third kappa shape index (κ3) is 6.89. The van der Waals surface area contributed by atoms with Crippen LogP contribution in [-0.4, -0.2) is 72.0 Å². The van der Waals surface area contributed by atoms with Crippen LogP contribution in [0.1, 0.15) is 18.5 Å². The van der Waals surface area contributed by atoms with E-state index in [0.717, 1.165) is 43.8 Å². The Labute approximate surface area is 216 Å². The van der Waals surface area contributed by atoms with E-state index in [1.165, 1.54) is 12.3 Å². The maximum Gasteiger partial charge on any atom is 0.573 e. The zero-order chi connectivity index (χ0) is 26.7. The Bertz CT molecular complexity index is 1280. The smallest absolute Gasteiger partial charge is 0.482 e. The number of fused-ring (bicyclic) bond motifs is 1. The van der Waals surface area contributed by atoms with Gasteiger partial charge in [0.2, 0.25) is 5.95 Å². The highest BCUT2D eigenvalue weighted by molar-refractivity contribution is 6.32. The van der Waals surface area contributed by atoms with Crippen molar-refractivity contribution in [2.45, 2.75) is 32.2 Å². The standard InChI is InChI=1S/C24H26ClF3N6O3/c1-14-18-10-15(12-29-22(18)32-23(30-14)34-8-6-16(7-9-34)33(2)3)31-21(35)13-36-20-5-4-17(11-19(20)25)37-24(26,27)28/h4-5,10-12,16H,6-9,13H2,1-3H3,(H,31,35).